The Morgan fingerprint density at radius 2 is 1.70 bits per heavy atom. The molecule has 0 bridgehead atoms. The first kappa shape index (κ1) is 23.3. The van der Waals surface area contributed by atoms with Gasteiger partial charge < -0.3 is 5.32 Å². The van der Waals surface area contributed by atoms with Crippen LogP contribution in [0.1, 0.15) is 28.3 Å². The molecule has 184 valence electrons. The normalized spacial score (nSPS) is 17.5. The van der Waals surface area contributed by atoms with Crippen LogP contribution in [-0.2, 0) is 0 Å². The lowest BCUT2D eigenvalue weighted by Gasteiger charge is -2.38. The number of benzene rings is 2. The summed E-state index contributed by atoms with van der Waals surface area (Å²) in [4.78, 5) is 24.6. The van der Waals surface area contributed by atoms with Crippen LogP contribution in [0.25, 0.3) is 16.9 Å². The van der Waals surface area contributed by atoms with Gasteiger partial charge in [0.25, 0.3) is 5.91 Å². The Morgan fingerprint density at radius 1 is 0.919 bits per heavy atom. The number of aromatic nitrogens is 5. The van der Waals surface area contributed by atoms with E-state index in [-0.39, 0.29) is 17.9 Å². The first-order chi connectivity index (χ1) is 18.2. The SMILES string of the molecule is O=C(c1ccc(-n2nnc3cccnc32)cc1)N(c1ncccc1Cl)[C@H]1CNC[C@H](c2ccccc2)C1. The van der Waals surface area contributed by atoms with Crippen LogP contribution in [0, 0.1) is 0 Å². The monoisotopic (exact) mass is 509 g/mol. The topological polar surface area (TPSA) is 88.8 Å². The van der Waals surface area contributed by atoms with Crippen LogP contribution in [0.3, 0.4) is 0 Å². The van der Waals surface area contributed by atoms with Gasteiger partial charge in [0.15, 0.2) is 11.5 Å². The van der Waals surface area contributed by atoms with E-state index in [1.807, 2.05) is 42.5 Å². The van der Waals surface area contributed by atoms with E-state index in [2.05, 4.69) is 37.7 Å². The number of carbonyl (C=O) groups is 1. The van der Waals surface area contributed by atoms with Crippen LogP contribution in [-0.4, -0.2) is 50.0 Å². The van der Waals surface area contributed by atoms with Gasteiger partial charge >= 0.3 is 0 Å². The second kappa shape index (κ2) is 10.1. The molecule has 0 radical (unpaired) electrons. The van der Waals surface area contributed by atoms with Gasteiger partial charge in [-0.15, -0.1) is 5.10 Å². The Bertz CT molecular complexity index is 1540. The number of pyridine rings is 2. The Labute approximate surface area is 218 Å². The minimum Gasteiger partial charge on any atom is -0.314 e. The summed E-state index contributed by atoms with van der Waals surface area (Å²) in [6.45, 7) is 1.50. The predicted octanol–water partition coefficient (Wildman–Crippen LogP) is 4.66. The van der Waals surface area contributed by atoms with Gasteiger partial charge in [-0.05, 0) is 66.4 Å². The average Bonchev–Trinajstić information content (AvgIpc) is 3.39. The number of fused-ring (bicyclic) bond motifs is 1. The van der Waals surface area contributed by atoms with Crippen molar-refractivity contribution in [2.24, 2.45) is 0 Å². The van der Waals surface area contributed by atoms with E-state index >= 15 is 0 Å². The highest BCUT2D eigenvalue weighted by Crippen LogP contribution is 2.32. The Morgan fingerprint density at radius 3 is 2.51 bits per heavy atom. The lowest BCUT2D eigenvalue weighted by atomic mass is 9.88. The summed E-state index contributed by atoms with van der Waals surface area (Å²) in [5.41, 5.74) is 3.91. The van der Waals surface area contributed by atoms with Crippen molar-refractivity contribution in [2.45, 2.75) is 18.4 Å². The van der Waals surface area contributed by atoms with Gasteiger partial charge in [-0.2, -0.15) is 4.68 Å². The summed E-state index contributed by atoms with van der Waals surface area (Å²) >= 11 is 6.57. The number of amides is 1. The molecule has 1 fully saturated rings. The van der Waals surface area contributed by atoms with Crippen molar-refractivity contribution in [2.75, 3.05) is 18.0 Å². The quantitative estimate of drug-likeness (QED) is 0.371. The molecule has 0 saturated carbocycles. The van der Waals surface area contributed by atoms with Crippen LogP contribution in [0.4, 0.5) is 5.82 Å². The van der Waals surface area contributed by atoms with E-state index in [0.717, 1.165) is 18.7 Å². The maximum Gasteiger partial charge on any atom is 0.259 e. The highest BCUT2D eigenvalue weighted by atomic mass is 35.5. The smallest absolute Gasteiger partial charge is 0.259 e. The third-order valence-electron chi connectivity index (χ3n) is 6.72. The number of hydrogen-bond donors (Lipinski definition) is 1. The summed E-state index contributed by atoms with van der Waals surface area (Å²) in [7, 11) is 0. The van der Waals surface area contributed by atoms with E-state index in [4.69, 9.17) is 11.6 Å². The molecule has 3 aromatic heterocycles. The fraction of sp³-hybridized carbons (Fsp3) is 0.179. The van der Waals surface area contributed by atoms with Crippen molar-refractivity contribution in [3.8, 4) is 5.69 Å². The lowest BCUT2D eigenvalue weighted by molar-refractivity contribution is 0.0970. The third-order valence-corrected chi connectivity index (χ3v) is 7.01. The number of carbonyl (C=O) groups excluding carboxylic acids is 1. The molecule has 8 nitrogen and oxygen atoms in total. The molecule has 0 aliphatic carbocycles. The molecule has 9 heteroatoms. The Kier molecular flexibility index (Phi) is 6.34. The van der Waals surface area contributed by atoms with Gasteiger partial charge in [0.2, 0.25) is 0 Å². The fourth-order valence-corrected chi connectivity index (χ4v) is 5.12. The molecule has 6 rings (SSSR count). The molecule has 2 atom stereocenters. The maximum absolute atomic E-state index is 14.0. The van der Waals surface area contributed by atoms with Crippen molar-refractivity contribution < 1.29 is 4.79 Å². The van der Waals surface area contributed by atoms with Gasteiger partial charge in [0.1, 0.15) is 5.52 Å². The molecular weight excluding hydrogens is 486 g/mol. The van der Waals surface area contributed by atoms with E-state index < -0.39 is 0 Å². The molecule has 1 amide bonds. The first-order valence-corrected chi connectivity index (χ1v) is 12.5. The van der Waals surface area contributed by atoms with Crippen LogP contribution >= 0.6 is 11.6 Å². The molecule has 4 heterocycles. The predicted molar refractivity (Wildman–Crippen MR) is 143 cm³/mol. The molecule has 0 unspecified atom stereocenters. The molecule has 1 aliphatic rings. The second-order valence-electron chi connectivity index (χ2n) is 9.03. The van der Waals surface area contributed by atoms with Crippen LogP contribution in [0.2, 0.25) is 5.02 Å². The molecule has 2 aromatic carbocycles. The standard InChI is InChI=1S/C28H24ClN7O/c29-24-8-4-14-31-26(24)35(23-16-21(17-30-18-23)19-6-2-1-3-7-19)28(37)20-10-12-22(13-11-20)36-27-25(33-34-36)9-5-15-32-27/h1-15,21,23,30H,16-18H2/t21-,23-/m1/s1. The van der Waals surface area contributed by atoms with Gasteiger partial charge in [-0.3, -0.25) is 9.69 Å². The van der Waals surface area contributed by atoms with Gasteiger partial charge in [-0.1, -0.05) is 47.1 Å². The summed E-state index contributed by atoms with van der Waals surface area (Å²) in [6, 6.07) is 24.8. The largest absolute Gasteiger partial charge is 0.314 e. The van der Waals surface area contributed by atoms with E-state index in [1.54, 1.807) is 46.2 Å². The highest BCUT2D eigenvalue weighted by Gasteiger charge is 2.33. The van der Waals surface area contributed by atoms with Gasteiger partial charge in [0, 0.05) is 31.0 Å². The van der Waals surface area contributed by atoms with E-state index in [9.17, 15) is 4.79 Å². The lowest BCUT2D eigenvalue weighted by Crippen LogP contribution is -2.51. The van der Waals surface area contributed by atoms with Crippen LogP contribution in [0.5, 0.6) is 0 Å². The summed E-state index contributed by atoms with van der Waals surface area (Å²) in [6.07, 6.45) is 4.16. The minimum atomic E-state index is -0.158. The number of piperidine rings is 1. The number of halogens is 1. The highest BCUT2D eigenvalue weighted by molar-refractivity contribution is 6.33. The van der Waals surface area contributed by atoms with Crippen LogP contribution < -0.4 is 10.2 Å². The maximum atomic E-state index is 14.0. The number of rotatable bonds is 5. The molecule has 37 heavy (non-hydrogen) atoms. The van der Waals surface area contributed by atoms with Crippen molar-refractivity contribution in [1.82, 2.24) is 30.3 Å². The average molecular weight is 510 g/mol. The molecule has 1 aliphatic heterocycles. The summed E-state index contributed by atoms with van der Waals surface area (Å²) in [5, 5.41) is 12.3. The van der Waals surface area contributed by atoms with E-state index in [1.165, 1.54) is 5.56 Å². The molecule has 1 N–H and O–H groups in total. The minimum absolute atomic E-state index is 0.123. The molecule has 0 spiro atoms. The Hall–Kier alpha value is -4.14. The van der Waals surface area contributed by atoms with Crippen molar-refractivity contribution in [1.29, 1.82) is 0 Å². The van der Waals surface area contributed by atoms with E-state index in [0.29, 0.717) is 34.1 Å². The number of nitrogens with zero attached hydrogens (tertiary/aromatic N) is 6. The second-order valence-corrected chi connectivity index (χ2v) is 9.44. The van der Waals surface area contributed by atoms with Crippen molar-refractivity contribution in [3.05, 3.63) is 107 Å². The fourth-order valence-electron chi connectivity index (χ4n) is 4.91. The summed E-state index contributed by atoms with van der Waals surface area (Å²) in [5.74, 6) is 0.577. The number of anilines is 1. The Balaban J connectivity index is 1.33. The molecule has 5 aromatic rings. The van der Waals surface area contributed by atoms with Crippen molar-refractivity contribution in [3.63, 3.8) is 0 Å². The molecule has 1 saturated heterocycles. The zero-order valence-corrected chi connectivity index (χ0v) is 20.7. The first-order valence-electron chi connectivity index (χ1n) is 12.2. The molecular formula is C28H24ClN7O. The van der Waals surface area contributed by atoms with Crippen LogP contribution in [0.15, 0.2) is 91.3 Å². The summed E-state index contributed by atoms with van der Waals surface area (Å²) < 4.78 is 1.66. The zero-order chi connectivity index (χ0) is 25.2. The zero-order valence-electron chi connectivity index (χ0n) is 19.9. The van der Waals surface area contributed by atoms with Gasteiger partial charge in [-0.25, -0.2) is 9.97 Å². The van der Waals surface area contributed by atoms with Gasteiger partial charge in [0.05, 0.1) is 16.8 Å². The van der Waals surface area contributed by atoms with Crippen molar-refractivity contribution >= 4 is 34.5 Å². The number of hydrogen-bond acceptors (Lipinski definition) is 6. The number of nitrogens with one attached hydrogen (secondary N) is 1. The third kappa shape index (κ3) is 4.57.